The second-order valence-electron chi connectivity index (χ2n) is 4.51. The van der Waals surface area contributed by atoms with E-state index < -0.39 is 0 Å². The maximum Gasteiger partial charge on any atom is 0.236 e. The van der Waals surface area contributed by atoms with E-state index in [1.165, 1.54) is 0 Å². The van der Waals surface area contributed by atoms with E-state index in [-0.39, 0.29) is 23.2 Å². The number of aliphatic imine (C=N–C) groups is 1. The van der Waals surface area contributed by atoms with Gasteiger partial charge in [0.25, 0.3) is 0 Å². The minimum Gasteiger partial charge on any atom is -0.370 e. The summed E-state index contributed by atoms with van der Waals surface area (Å²) < 4.78 is 0. The summed E-state index contributed by atoms with van der Waals surface area (Å²) in [6.07, 6.45) is 0. The molecule has 0 aromatic heterocycles. The van der Waals surface area contributed by atoms with Gasteiger partial charge >= 0.3 is 0 Å². The molecule has 2 aliphatic rings. The van der Waals surface area contributed by atoms with Crippen molar-refractivity contribution in [3.05, 3.63) is 40.4 Å². The standard InChI is InChI=1S/C13H12ClN3OS/c1-6-9-11(18)16-13(15)17-12(9)19-10(6)7-2-4-8(14)5-3-7/h2-5,9,12H,1H3,(H3,15,16,17,18). The average molecular weight is 294 g/mol. The number of carbonyl (C=O) groups is 1. The molecule has 0 spiro atoms. The Kier molecular flexibility index (Phi) is 3.03. The molecule has 1 aromatic carbocycles. The van der Waals surface area contributed by atoms with Crippen molar-refractivity contribution in [1.82, 2.24) is 5.32 Å². The molecule has 0 fully saturated rings. The molecule has 2 aliphatic heterocycles. The Morgan fingerprint density at radius 3 is 2.74 bits per heavy atom. The van der Waals surface area contributed by atoms with Crippen LogP contribution < -0.4 is 11.1 Å². The van der Waals surface area contributed by atoms with Crippen molar-refractivity contribution in [2.45, 2.75) is 12.3 Å². The first kappa shape index (κ1) is 12.6. The molecule has 19 heavy (non-hydrogen) atoms. The molecule has 2 atom stereocenters. The van der Waals surface area contributed by atoms with Gasteiger partial charge in [0.15, 0.2) is 5.96 Å². The van der Waals surface area contributed by atoms with Crippen LogP contribution in [0, 0.1) is 5.92 Å². The van der Waals surface area contributed by atoms with Crippen molar-refractivity contribution in [2.24, 2.45) is 16.6 Å². The fraction of sp³-hybridized carbons (Fsp3) is 0.231. The second-order valence-corrected chi connectivity index (χ2v) is 6.07. The van der Waals surface area contributed by atoms with Crippen LogP contribution in [-0.2, 0) is 4.79 Å². The Hall–Kier alpha value is -1.46. The van der Waals surface area contributed by atoms with E-state index in [9.17, 15) is 4.79 Å². The summed E-state index contributed by atoms with van der Waals surface area (Å²) in [6, 6.07) is 7.60. The summed E-state index contributed by atoms with van der Waals surface area (Å²) in [7, 11) is 0. The van der Waals surface area contributed by atoms with Crippen molar-refractivity contribution in [3.8, 4) is 0 Å². The van der Waals surface area contributed by atoms with Crippen LogP contribution in [0.3, 0.4) is 0 Å². The van der Waals surface area contributed by atoms with Gasteiger partial charge in [-0.25, -0.2) is 4.99 Å². The molecule has 0 saturated heterocycles. The Morgan fingerprint density at radius 1 is 1.37 bits per heavy atom. The molecule has 0 radical (unpaired) electrons. The number of halogens is 1. The molecule has 2 unspecified atom stereocenters. The van der Waals surface area contributed by atoms with Crippen molar-refractivity contribution < 1.29 is 4.79 Å². The van der Waals surface area contributed by atoms with Crippen LogP contribution in [0.15, 0.2) is 34.8 Å². The van der Waals surface area contributed by atoms with Gasteiger partial charge in [0, 0.05) is 9.93 Å². The quantitative estimate of drug-likeness (QED) is 0.834. The Labute approximate surface area is 120 Å². The first-order valence-corrected chi connectivity index (χ1v) is 7.09. The highest BCUT2D eigenvalue weighted by molar-refractivity contribution is 8.09. The molecule has 2 heterocycles. The molecule has 3 N–H and O–H groups in total. The number of nitrogens with zero attached hydrogens (tertiary/aromatic N) is 1. The maximum atomic E-state index is 12.0. The van der Waals surface area contributed by atoms with E-state index in [2.05, 4.69) is 10.3 Å². The summed E-state index contributed by atoms with van der Waals surface area (Å²) in [5.74, 6) is -0.113. The molecule has 4 nitrogen and oxygen atoms in total. The van der Waals surface area contributed by atoms with Gasteiger partial charge in [0.1, 0.15) is 5.37 Å². The van der Waals surface area contributed by atoms with Crippen molar-refractivity contribution in [1.29, 1.82) is 0 Å². The smallest absolute Gasteiger partial charge is 0.236 e. The van der Waals surface area contributed by atoms with Crippen LogP contribution in [0.5, 0.6) is 0 Å². The van der Waals surface area contributed by atoms with Crippen molar-refractivity contribution in [3.63, 3.8) is 0 Å². The summed E-state index contributed by atoms with van der Waals surface area (Å²) in [5, 5.41) is 3.13. The minimum absolute atomic E-state index is 0.0773. The van der Waals surface area contributed by atoms with Gasteiger partial charge in [-0.3, -0.25) is 10.1 Å². The first-order valence-electron chi connectivity index (χ1n) is 5.84. The molecule has 1 aromatic rings. The zero-order valence-corrected chi connectivity index (χ0v) is 11.8. The molecule has 0 aliphatic carbocycles. The summed E-state index contributed by atoms with van der Waals surface area (Å²) in [4.78, 5) is 17.4. The highest BCUT2D eigenvalue weighted by Crippen LogP contribution is 2.48. The fourth-order valence-electron chi connectivity index (χ4n) is 2.33. The van der Waals surface area contributed by atoms with Crippen molar-refractivity contribution in [2.75, 3.05) is 0 Å². The first-order chi connectivity index (χ1) is 9.06. The number of hydrogen-bond acceptors (Lipinski definition) is 4. The summed E-state index contributed by atoms with van der Waals surface area (Å²) >= 11 is 7.47. The third kappa shape index (κ3) is 2.13. The lowest BCUT2D eigenvalue weighted by molar-refractivity contribution is -0.122. The Morgan fingerprint density at radius 2 is 2.05 bits per heavy atom. The van der Waals surface area contributed by atoms with Crippen LogP contribution in [0.4, 0.5) is 0 Å². The highest BCUT2D eigenvalue weighted by atomic mass is 35.5. The number of nitrogens with two attached hydrogens (primary N) is 1. The number of thioether (sulfide) groups is 1. The molecule has 0 saturated carbocycles. The number of amides is 1. The van der Waals surface area contributed by atoms with Crippen LogP contribution >= 0.6 is 23.4 Å². The van der Waals surface area contributed by atoms with E-state index in [0.29, 0.717) is 5.02 Å². The van der Waals surface area contributed by atoms with Crippen LogP contribution in [-0.4, -0.2) is 17.2 Å². The number of carbonyl (C=O) groups excluding carboxylic acids is 1. The molecule has 1 amide bonds. The lowest BCUT2D eigenvalue weighted by atomic mass is 9.96. The number of hydrogen-bond donors (Lipinski definition) is 2. The van der Waals surface area contributed by atoms with E-state index in [1.54, 1.807) is 11.8 Å². The SMILES string of the molecule is CC1=C(c2ccc(Cl)cc2)SC2N=C(N)NC(=O)C12. The molecule has 3 rings (SSSR count). The highest BCUT2D eigenvalue weighted by Gasteiger charge is 2.41. The Balaban J connectivity index is 2.00. The fourth-order valence-corrected chi connectivity index (χ4v) is 3.92. The largest absolute Gasteiger partial charge is 0.370 e. The number of nitrogens with one attached hydrogen (secondary N) is 1. The zero-order chi connectivity index (χ0) is 13.6. The predicted molar refractivity (Wildman–Crippen MR) is 78.7 cm³/mol. The minimum atomic E-state index is -0.233. The zero-order valence-electron chi connectivity index (χ0n) is 10.2. The third-order valence-electron chi connectivity index (χ3n) is 3.25. The third-order valence-corrected chi connectivity index (χ3v) is 4.92. The molecule has 6 heteroatoms. The number of rotatable bonds is 1. The van der Waals surface area contributed by atoms with Gasteiger partial charge in [0.05, 0.1) is 5.92 Å². The van der Waals surface area contributed by atoms with Gasteiger partial charge in [-0.1, -0.05) is 35.5 Å². The van der Waals surface area contributed by atoms with Crippen LogP contribution in [0.25, 0.3) is 4.91 Å². The lowest BCUT2D eigenvalue weighted by Gasteiger charge is -2.22. The topological polar surface area (TPSA) is 67.5 Å². The molecular weight excluding hydrogens is 282 g/mol. The lowest BCUT2D eigenvalue weighted by Crippen LogP contribution is -2.47. The Bertz CT molecular complexity index is 609. The maximum absolute atomic E-state index is 12.0. The van der Waals surface area contributed by atoms with Crippen molar-refractivity contribution >= 4 is 40.1 Å². The molecule has 98 valence electrons. The van der Waals surface area contributed by atoms with Gasteiger partial charge in [-0.15, -0.1) is 0 Å². The molecular formula is C13H12ClN3OS. The van der Waals surface area contributed by atoms with E-state index in [0.717, 1.165) is 16.0 Å². The average Bonchev–Trinajstić information content (AvgIpc) is 2.67. The monoisotopic (exact) mass is 293 g/mol. The van der Waals surface area contributed by atoms with Crippen LogP contribution in [0.1, 0.15) is 12.5 Å². The number of benzene rings is 1. The van der Waals surface area contributed by atoms with E-state index >= 15 is 0 Å². The van der Waals surface area contributed by atoms with E-state index in [4.69, 9.17) is 17.3 Å². The van der Waals surface area contributed by atoms with Gasteiger partial charge in [-0.05, 0) is 30.2 Å². The number of fused-ring (bicyclic) bond motifs is 1. The normalized spacial score (nSPS) is 26.0. The predicted octanol–water partition coefficient (Wildman–Crippen LogP) is 2.20. The van der Waals surface area contributed by atoms with E-state index in [1.807, 2.05) is 31.2 Å². The molecule has 0 bridgehead atoms. The van der Waals surface area contributed by atoms with Gasteiger partial charge in [-0.2, -0.15) is 0 Å². The summed E-state index contributed by atoms with van der Waals surface area (Å²) in [6.45, 7) is 1.97. The number of guanidine groups is 1. The van der Waals surface area contributed by atoms with Gasteiger partial charge < -0.3 is 5.73 Å². The van der Waals surface area contributed by atoms with Crippen LogP contribution in [0.2, 0.25) is 5.02 Å². The second kappa shape index (κ2) is 4.58. The van der Waals surface area contributed by atoms with Gasteiger partial charge in [0.2, 0.25) is 5.91 Å². The summed E-state index contributed by atoms with van der Waals surface area (Å²) in [5.41, 5.74) is 7.69.